The fourth-order valence-electron chi connectivity index (χ4n) is 1.80. The van der Waals surface area contributed by atoms with Crippen molar-refractivity contribution in [3.05, 3.63) is 34.8 Å². The number of fused-ring (bicyclic) bond motifs is 1. The van der Waals surface area contributed by atoms with Gasteiger partial charge in [-0.1, -0.05) is 17.8 Å². The molecule has 3 rings (SSSR count). The molecule has 0 fully saturated rings. The van der Waals surface area contributed by atoms with E-state index >= 15 is 0 Å². The first-order valence-corrected chi connectivity index (χ1v) is 8.23. The predicted molar refractivity (Wildman–Crippen MR) is 78.9 cm³/mol. The lowest BCUT2D eigenvalue weighted by atomic mass is 10.2. The van der Waals surface area contributed by atoms with Crippen LogP contribution in [0.1, 0.15) is 12.6 Å². The molecule has 1 unspecified atom stereocenters. The number of hydrogen-bond donors (Lipinski definition) is 1. The van der Waals surface area contributed by atoms with E-state index in [1.54, 1.807) is 34.4 Å². The average molecular weight is 295 g/mol. The van der Waals surface area contributed by atoms with Crippen LogP contribution in [0.25, 0.3) is 4.96 Å². The molecule has 0 aromatic carbocycles. The Balaban J connectivity index is 2.01. The molecule has 0 saturated heterocycles. The first-order chi connectivity index (χ1) is 8.74. The molecule has 94 valence electrons. The van der Waals surface area contributed by atoms with Crippen molar-refractivity contribution in [3.63, 3.8) is 0 Å². The van der Waals surface area contributed by atoms with Gasteiger partial charge in [0, 0.05) is 24.0 Å². The van der Waals surface area contributed by atoms with Crippen LogP contribution in [0.15, 0.2) is 38.3 Å². The summed E-state index contributed by atoms with van der Waals surface area (Å²) in [6, 6.07) is 4.34. The summed E-state index contributed by atoms with van der Waals surface area (Å²) < 4.78 is 3.43. The number of thiophene rings is 1. The van der Waals surface area contributed by atoms with E-state index in [0.717, 1.165) is 16.4 Å². The van der Waals surface area contributed by atoms with E-state index in [1.807, 2.05) is 6.92 Å². The highest BCUT2D eigenvalue weighted by atomic mass is 32.2. The predicted octanol–water partition coefficient (Wildman–Crippen LogP) is 3.50. The van der Waals surface area contributed by atoms with Gasteiger partial charge in [-0.2, -0.15) is 0 Å². The Labute approximate surface area is 118 Å². The maximum Gasteiger partial charge on any atom is 0.194 e. The Morgan fingerprint density at radius 2 is 2.33 bits per heavy atom. The molecule has 0 amide bonds. The zero-order valence-electron chi connectivity index (χ0n) is 9.87. The molecule has 1 atom stereocenters. The van der Waals surface area contributed by atoms with Gasteiger partial charge in [0.05, 0.1) is 9.90 Å². The molecule has 0 radical (unpaired) electrons. The van der Waals surface area contributed by atoms with E-state index in [0.29, 0.717) is 0 Å². The van der Waals surface area contributed by atoms with E-state index in [9.17, 15) is 0 Å². The smallest absolute Gasteiger partial charge is 0.194 e. The summed E-state index contributed by atoms with van der Waals surface area (Å²) in [4.78, 5) is 5.74. The van der Waals surface area contributed by atoms with Crippen LogP contribution in [0.3, 0.4) is 0 Å². The van der Waals surface area contributed by atoms with E-state index in [1.165, 1.54) is 9.90 Å². The van der Waals surface area contributed by atoms with Crippen molar-refractivity contribution in [2.45, 2.75) is 28.6 Å². The summed E-state index contributed by atoms with van der Waals surface area (Å²) in [6.45, 7) is 2.03. The minimum atomic E-state index is 0.146. The lowest BCUT2D eigenvalue weighted by molar-refractivity contribution is 0.706. The topological polar surface area (TPSA) is 43.3 Å². The van der Waals surface area contributed by atoms with E-state index < -0.39 is 0 Å². The van der Waals surface area contributed by atoms with E-state index in [-0.39, 0.29) is 6.04 Å². The van der Waals surface area contributed by atoms with Gasteiger partial charge in [0.25, 0.3) is 0 Å². The number of aromatic nitrogens is 2. The quantitative estimate of drug-likeness (QED) is 0.801. The Bertz CT molecular complexity index is 637. The first kappa shape index (κ1) is 12.2. The van der Waals surface area contributed by atoms with Gasteiger partial charge in [0.2, 0.25) is 0 Å². The van der Waals surface area contributed by atoms with Gasteiger partial charge in [0.15, 0.2) is 4.96 Å². The summed E-state index contributed by atoms with van der Waals surface area (Å²) in [5, 5.41) is 5.24. The molecular weight excluding hydrogens is 282 g/mol. The van der Waals surface area contributed by atoms with Crippen LogP contribution < -0.4 is 5.73 Å². The SMILES string of the molecule is CC(N)Cc1c(Sc2cccs2)nc2sccn12. The second kappa shape index (κ2) is 5.05. The highest BCUT2D eigenvalue weighted by molar-refractivity contribution is 8.01. The third kappa shape index (κ3) is 2.33. The number of imidazole rings is 1. The van der Waals surface area contributed by atoms with Crippen molar-refractivity contribution in [2.75, 3.05) is 0 Å². The summed E-state index contributed by atoms with van der Waals surface area (Å²) in [7, 11) is 0. The van der Waals surface area contributed by atoms with Crippen LogP contribution in [0.2, 0.25) is 0 Å². The van der Waals surface area contributed by atoms with E-state index in [4.69, 9.17) is 10.7 Å². The summed E-state index contributed by atoms with van der Waals surface area (Å²) in [5.41, 5.74) is 7.16. The second-order valence-electron chi connectivity index (χ2n) is 4.13. The molecule has 6 heteroatoms. The van der Waals surface area contributed by atoms with Crippen molar-refractivity contribution in [1.29, 1.82) is 0 Å². The van der Waals surface area contributed by atoms with Crippen LogP contribution in [0, 0.1) is 0 Å². The van der Waals surface area contributed by atoms with Crippen molar-refractivity contribution in [1.82, 2.24) is 9.38 Å². The van der Waals surface area contributed by atoms with Gasteiger partial charge in [0.1, 0.15) is 5.03 Å². The maximum atomic E-state index is 5.94. The minimum absolute atomic E-state index is 0.146. The third-order valence-corrected chi connectivity index (χ3v) is 5.35. The molecule has 3 heterocycles. The fourth-order valence-corrected chi connectivity index (χ4v) is 4.41. The second-order valence-corrected chi connectivity index (χ2v) is 7.24. The molecule has 0 saturated carbocycles. The zero-order chi connectivity index (χ0) is 12.5. The van der Waals surface area contributed by atoms with Crippen molar-refractivity contribution >= 4 is 39.4 Å². The standard InChI is InChI=1S/C12H13N3S3/c1-8(13)7-9-11(18-10-3-2-5-16-10)14-12-15(9)4-6-17-12/h2-6,8H,7,13H2,1H3. The highest BCUT2D eigenvalue weighted by Crippen LogP contribution is 2.34. The molecule has 2 N–H and O–H groups in total. The van der Waals surface area contributed by atoms with Gasteiger partial charge in [-0.25, -0.2) is 4.98 Å². The highest BCUT2D eigenvalue weighted by Gasteiger charge is 2.15. The van der Waals surface area contributed by atoms with Gasteiger partial charge in [-0.15, -0.1) is 22.7 Å². The Kier molecular flexibility index (Phi) is 3.43. The number of hydrogen-bond acceptors (Lipinski definition) is 5. The molecule has 3 nitrogen and oxygen atoms in total. The van der Waals surface area contributed by atoms with Crippen molar-refractivity contribution in [3.8, 4) is 0 Å². The van der Waals surface area contributed by atoms with Gasteiger partial charge >= 0.3 is 0 Å². The Morgan fingerprint density at radius 1 is 1.44 bits per heavy atom. The molecule has 18 heavy (non-hydrogen) atoms. The Morgan fingerprint density at radius 3 is 3.06 bits per heavy atom. The van der Waals surface area contributed by atoms with Gasteiger partial charge < -0.3 is 5.73 Å². The third-order valence-electron chi connectivity index (χ3n) is 2.53. The van der Waals surface area contributed by atoms with Gasteiger partial charge in [-0.05, 0) is 18.4 Å². The minimum Gasteiger partial charge on any atom is -0.328 e. The molecule has 0 bridgehead atoms. The summed E-state index contributed by atoms with van der Waals surface area (Å²) in [5.74, 6) is 0. The number of rotatable bonds is 4. The molecule has 3 aromatic rings. The maximum absolute atomic E-state index is 5.94. The molecule has 0 aliphatic carbocycles. The summed E-state index contributed by atoms with van der Waals surface area (Å²) in [6.07, 6.45) is 2.93. The molecule has 0 aliphatic rings. The van der Waals surface area contributed by atoms with E-state index in [2.05, 4.69) is 33.5 Å². The number of nitrogens with two attached hydrogens (primary N) is 1. The largest absolute Gasteiger partial charge is 0.328 e. The monoisotopic (exact) mass is 295 g/mol. The van der Waals surface area contributed by atoms with Crippen LogP contribution in [0.5, 0.6) is 0 Å². The van der Waals surface area contributed by atoms with Crippen molar-refractivity contribution in [2.24, 2.45) is 5.73 Å². The summed E-state index contributed by atoms with van der Waals surface area (Å²) >= 11 is 5.14. The number of nitrogens with zero attached hydrogens (tertiary/aromatic N) is 2. The molecular formula is C12H13N3S3. The van der Waals surface area contributed by atoms with Crippen molar-refractivity contribution < 1.29 is 0 Å². The molecule has 3 aromatic heterocycles. The molecule has 0 aliphatic heterocycles. The lowest BCUT2D eigenvalue weighted by Crippen LogP contribution is -2.19. The zero-order valence-corrected chi connectivity index (χ0v) is 12.3. The fraction of sp³-hybridized carbons (Fsp3) is 0.250. The van der Waals surface area contributed by atoms with Crippen LogP contribution in [0.4, 0.5) is 0 Å². The van der Waals surface area contributed by atoms with Crippen LogP contribution in [-0.2, 0) is 6.42 Å². The Hall–Kier alpha value is -0.820. The average Bonchev–Trinajstić information content (AvgIpc) is 2.99. The van der Waals surface area contributed by atoms with Crippen LogP contribution in [-0.4, -0.2) is 15.4 Å². The normalized spacial score (nSPS) is 13.2. The van der Waals surface area contributed by atoms with Gasteiger partial charge in [-0.3, -0.25) is 4.40 Å². The van der Waals surface area contributed by atoms with Crippen LogP contribution >= 0.6 is 34.4 Å². The first-order valence-electron chi connectivity index (χ1n) is 5.65. The molecule has 0 spiro atoms. The lowest BCUT2D eigenvalue weighted by Gasteiger charge is -2.06. The number of thiazole rings is 1.